The highest BCUT2D eigenvalue weighted by atomic mass is 16.5. The molecule has 1 aromatic heterocycles. The number of nitrogens with one attached hydrogen (secondary N) is 1. The molecule has 2 aliphatic heterocycles. The maximum Gasteiger partial charge on any atom is 0.326 e. The number of imidazole rings is 1. The van der Waals surface area contributed by atoms with Gasteiger partial charge in [-0.2, -0.15) is 0 Å². The van der Waals surface area contributed by atoms with E-state index >= 15 is 0 Å². The Labute approximate surface area is 148 Å². The van der Waals surface area contributed by atoms with Gasteiger partial charge in [0.1, 0.15) is 0 Å². The fraction of sp³-hybridized carbons (Fsp3) is 0.650. The van der Waals surface area contributed by atoms with E-state index < -0.39 is 0 Å². The first-order chi connectivity index (χ1) is 12.3. The molecule has 1 N–H and O–H groups in total. The fourth-order valence-electron chi connectivity index (χ4n) is 4.73. The van der Waals surface area contributed by atoms with E-state index in [-0.39, 0.29) is 5.69 Å². The molecule has 5 heteroatoms. The molecular formula is C20H27N3O2. The van der Waals surface area contributed by atoms with E-state index in [9.17, 15) is 4.79 Å². The number of aromatic amines is 1. The predicted octanol–water partition coefficient (Wildman–Crippen LogP) is 3.02. The van der Waals surface area contributed by atoms with Crippen LogP contribution in [0.4, 0.5) is 0 Å². The summed E-state index contributed by atoms with van der Waals surface area (Å²) in [5, 5.41) is 0. The third kappa shape index (κ3) is 2.93. The van der Waals surface area contributed by atoms with Crippen LogP contribution in [0.2, 0.25) is 0 Å². The van der Waals surface area contributed by atoms with Crippen molar-refractivity contribution in [2.75, 3.05) is 26.3 Å². The molecule has 3 heterocycles. The summed E-state index contributed by atoms with van der Waals surface area (Å²) in [4.78, 5) is 18.3. The van der Waals surface area contributed by atoms with Crippen LogP contribution in [0.5, 0.6) is 0 Å². The Morgan fingerprint density at radius 3 is 2.44 bits per heavy atom. The van der Waals surface area contributed by atoms with Crippen molar-refractivity contribution in [2.45, 2.75) is 56.5 Å². The number of nitrogens with zero attached hydrogens (tertiary/aromatic N) is 2. The molecule has 1 saturated carbocycles. The molecule has 5 rings (SSSR count). The number of hydrogen-bond donors (Lipinski definition) is 1. The number of likely N-dealkylation sites (tertiary alicyclic amines) is 1. The number of hydrogen-bond acceptors (Lipinski definition) is 3. The molecule has 1 aliphatic carbocycles. The van der Waals surface area contributed by atoms with Crippen molar-refractivity contribution in [1.82, 2.24) is 14.5 Å². The van der Waals surface area contributed by atoms with Crippen LogP contribution in [0.3, 0.4) is 0 Å². The lowest BCUT2D eigenvalue weighted by atomic mass is 9.99. The minimum absolute atomic E-state index is 0.0625. The molecule has 25 heavy (non-hydrogen) atoms. The van der Waals surface area contributed by atoms with E-state index in [0.717, 1.165) is 68.9 Å². The van der Waals surface area contributed by atoms with Crippen LogP contribution in [-0.4, -0.2) is 46.8 Å². The van der Waals surface area contributed by atoms with Gasteiger partial charge in [-0.1, -0.05) is 6.07 Å². The van der Waals surface area contributed by atoms with Crippen molar-refractivity contribution >= 4 is 11.0 Å². The van der Waals surface area contributed by atoms with Crippen molar-refractivity contribution in [1.29, 1.82) is 0 Å². The van der Waals surface area contributed by atoms with Gasteiger partial charge in [0.05, 0.1) is 11.0 Å². The van der Waals surface area contributed by atoms with E-state index in [4.69, 9.17) is 4.74 Å². The Morgan fingerprint density at radius 2 is 1.72 bits per heavy atom. The third-order valence-electron chi connectivity index (χ3n) is 6.36. The molecule has 1 aromatic carbocycles. The van der Waals surface area contributed by atoms with Gasteiger partial charge in [0.25, 0.3) is 0 Å². The van der Waals surface area contributed by atoms with Crippen LogP contribution in [0.25, 0.3) is 11.0 Å². The molecule has 0 atom stereocenters. The molecule has 0 radical (unpaired) electrons. The van der Waals surface area contributed by atoms with E-state index in [1.54, 1.807) is 0 Å². The highest BCUT2D eigenvalue weighted by molar-refractivity contribution is 5.76. The Balaban J connectivity index is 1.37. The molecule has 134 valence electrons. The van der Waals surface area contributed by atoms with Crippen molar-refractivity contribution in [3.63, 3.8) is 0 Å². The number of benzene rings is 1. The van der Waals surface area contributed by atoms with E-state index in [2.05, 4.69) is 28.1 Å². The highest BCUT2D eigenvalue weighted by Crippen LogP contribution is 2.41. The second kappa shape index (κ2) is 6.29. The first-order valence-corrected chi connectivity index (χ1v) is 9.85. The van der Waals surface area contributed by atoms with Crippen molar-refractivity contribution in [3.8, 4) is 0 Å². The monoisotopic (exact) mass is 341 g/mol. The van der Waals surface area contributed by atoms with Gasteiger partial charge in [0, 0.05) is 38.4 Å². The Bertz CT molecular complexity index is 806. The second-order valence-corrected chi connectivity index (χ2v) is 7.96. The minimum Gasteiger partial charge on any atom is -0.381 e. The zero-order chi connectivity index (χ0) is 16.8. The van der Waals surface area contributed by atoms with Gasteiger partial charge in [0.2, 0.25) is 0 Å². The molecule has 0 spiro atoms. The number of aromatic nitrogens is 2. The van der Waals surface area contributed by atoms with E-state index in [1.807, 2.05) is 4.57 Å². The fourth-order valence-corrected chi connectivity index (χ4v) is 4.73. The first kappa shape index (κ1) is 15.6. The lowest BCUT2D eigenvalue weighted by Crippen LogP contribution is -2.45. The summed E-state index contributed by atoms with van der Waals surface area (Å²) < 4.78 is 7.54. The zero-order valence-electron chi connectivity index (χ0n) is 14.7. The van der Waals surface area contributed by atoms with E-state index in [0.29, 0.717) is 12.1 Å². The van der Waals surface area contributed by atoms with Crippen molar-refractivity contribution in [2.24, 2.45) is 0 Å². The molecule has 2 saturated heterocycles. The largest absolute Gasteiger partial charge is 0.381 e. The predicted molar refractivity (Wildman–Crippen MR) is 98.2 cm³/mol. The van der Waals surface area contributed by atoms with Gasteiger partial charge in [-0.15, -0.1) is 0 Å². The molecule has 0 bridgehead atoms. The van der Waals surface area contributed by atoms with Crippen LogP contribution in [0.1, 0.15) is 56.0 Å². The first-order valence-electron chi connectivity index (χ1n) is 9.85. The Morgan fingerprint density at radius 1 is 0.960 bits per heavy atom. The number of rotatable bonds is 3. The van der Waals surface area contributed by atoms with Crippen molar-refractivity contribution in [3.05, 3.63) is 34.2 Å². The maximum absolute atomic E-state index is 12.6. The van der Waals surface area contributed by atoms with Gasteiger partial charge in [-0.05, 0) is 62.1 Å². The average molecular weight is 341 g/mol. The summed E-state index contributed by atoms with van der Waals surface area (Å²) in [6.07, 6.45) is 7.04. The van der Waals surface area contributed by atoms with Crippen molar-refractivity contribution < 1.29 is 4.74 Å². The molecule has 3 fully saturated rings. The lowest BCUT2D eigenvalue weighted by molar-refractivity contribution is 0.0220. The van der Waals surface area contributed by atoms with Crippen LogP contribution >= 0.6 is 0 Å². The summed E-state index contributed by atoms with van der Waals surface area (Å²) in [5.41, 5.74) is 3.56. The Kier molecular flexibility index (Phi) is 3.94. The second-order valence-electron chi connectivity index (χ2n) is 7.96. The lowest BCUT2D eigenvalue weighted by Gasteiger charge is -2.39. The molecule has 3 aliphatic rings. The number of H-pyrrole nitrogens is 1. The van der Waals surface area contributed by atoms with Gasteiger partial charge < -0.3 is 14.6 Å². The molecule has 5 nitrogen and oxygen atoms in total. The van der Waals surface area contributed by atoms with Gasteiger partial charge in [-0.3, -0.25) is 4.57 Å². The normalized spacial score (nSPS) is 24.2. The highest BCUT2D eigenvalue weighted by Gasteiger charge is 2.29. The minimum atomic E-state index is 0.0625. The smallest absolute Gasteiger partial charge is 0.326 e. The summed E-state index contributed by atoms with van der Waals surface area (Å²) in [6, 6.07) is 7.55. The zero-order valence-corrected chi connectivity index (χ0v) is 14.7. The summed E-state index contributed by atoms with van der Waals surface area (Å²) in [5.74, 6) is 0.721. The SMILES string of the molecule is O=c1[nH]c2ccc(C3CC3)cc2n1C1CCN(C2CCOCC2)CC1. The standard InChI is InChI=1S/C20H27N3O2/c24-20-21-18-4-3-15(14-1-2-14)13-19(18)23(20)17-5-9-22(10-6-17)16-7-11-25-12-8-16/h3-4,13-14,16-17H,1-2,5-12H2,(H,21,24). The van der Waals surface area contributed by atoms with Crippen LogP contribution in [0, 0.1) is 0 Å². The number of piperidine rings is 1. The summed E-state index contributed by atoms with van der Waals surface area (Å²) in [7, 11) is 0. The van der Waals surface area contributed by atoms with Crippen LogP contribution < -0.4 is 5.69 Å². The van der Waals surface area contributed by atoms with Crippen LogP contribution in [0.15, 0.2) is 23.0 Å². The molecular weight excluding hydrogens is 314 g/mol. The van der Waals surface area contributed by atoms with Gasteiger partial charge in [0.15, 0.2) is 0 Å². The number of fused-ring (bicyclic) bond motifs is 1. The van der Waals surface area contributed by atoms with Gasteiger partial charge in [-0.25, -0.2) is 4.79 Å². The molecule has 0 unspecified atom stereocenters. The van der Waals surface area contributed by atoms with Gasteiger partial charge >= 0.3 is 5.69 Å². The average Bonchev–Trinajstić information content (AvgIpc) is 3.45. The summed E-state index contributed by atoms with van der Waals surface area (Å²) in [6.45, 7) is 3.99. The molecule has 0 amide bonds. The summed E-state index contributed by atoms with van der Waals surface area (Å²) >= 11 is 0. The molecule has 2 aromatic rings. The van der Waals surface area contributed by atoms with Crippen LogP contribution in [-0.2, 0) is 4.74 Å². The third-order valence-corrected chi connectivity index (χ3v) is 6.36. The van der Waals surface area contributed by atoms with E-state index in [1.165, 1.54) is 18.4 Å². The number of ether oxygens (including phenoxy) is 1. The topological polar surface area (TPSA) is 50.3 Å². The Hall–Kier alpha value is -1.59. The maximum atomic E-state index is 12.6. The quantitative estimate of drug-likeness (QED) is 0.934.